The Hall–Kier alpha value is -2.06. The normalized spacial score (nSPS) is 11.4. The third-order valence-electron chi connectivity index (χ3n) is 3.17. The highest BCUT2D eigenvalue weighted by Crippen LogP contribution is 2.24. The predicted molar refractivity (Wildman–Crippen MR) is 79.8 cm³/mol. The van der Waals surface area contributed by atoms with Crippen LogP contribution < -0.4 is 15.2 Å². The molecule has 1 heterocycles. The second-order valence-electron chi connectivity index (χ2n) is 4.62. The molecule has 0 spiro atoms. The SMILES string of the molecule is COc1ccc(NS(=O)(=O)c2n[nH]c(C)c2CN)c(C)c1. The molecule has 4 N–H and O–H groups in total. The number of H-pyrrole nitrogens is 1. The molecule has 0 saturated carbocycles. The summed E-state index contributed by atoms with van der Waals surface area (Å²) in [6.45, 7) is 3.62. The minimum atomic E-state index is -3.79. The summed E-state index contributed by atoms with van der Waals surface area (Å²) in [5, 5.41) is 6.41. The summed E-state index contributed by atoms with van der Waals surface area (Å²) in [6, 6.07) is 5.08. The van der Waals surface area contributed by atoms with Gasteiger partial charge in [0.15, 0.2) is 0 Å². The van der Waals surface area contributed by atoms with E-state index in [4.69, 9.17) is 10.5 Å². The Morgan fingerprint density at radius 3 is 2.67 bits per heavy atom. The van der Waals surface area contributed by atoms with Crippen molar-refractivity contribution in [3.05, 3.63) is 35.0 Å². The lowest BCUT2D eigenvalue weighted by Crippen LogP contribution is -2.17. The summed E-state index contributed by atoms with van der Waals surface area (Å²) >= 11 is 0. The maximum Gasteiger partial charge on any atom is 0.281 e. The van der Waals surface area contributed by atoms with Crippen molar-refractivity contribution in [1.82, 2.24) is 10.2 Å². The van der Waals surface area contributed by atoms with E-state index in [2.05, 4.69) is 14.9 Å². The molecule has 114 valence electrons. The number of hydrogen-bond acceptors (Lipinski definition) is 5. The molecule has 0 atom stereocenters. The number of sulfonamides is 1. The van der Waals surface area contributed by atoms with Crippen LogP contribution in [-0.4, -0.2) is 25.7 Å². The molecule has 0 aliphatic heterocycles. The van der Waals surface area contributed by atoms with Crippen molar-refractivity contribution < 1.29 is 13.2 Å². The van der Waals surface area contributed by atoms with Crippen molar-refractivity contribution in [3.8, 4) is 5.75 Å². The summed E-state index contributed by atoms with van der Waals surface area (Å²) < 4.78 is 32.5. The molecule has 2 rings (SSSR count). The molecule has 21 heavy (non-hydrogen) atoms. The summed E-state index contributed by atoms with van der Waals surface area (Å²) in [5.41, 5.74) is 7.93. The molecule has 0 amide bonds. The maximum absolute atomic E-state index is 12.4. The summed E-state index contributed by atoms with van der Waals surface area (Å²) in [6.07, 6.45) is 0. The zero-order valence-electron chi connectivity index (χ0n) is 12.1. The Balaban J connectivity index is 2.37. The van der Waals surface area contributed by atoms with Crippen LogP contribution in [-0.2, 0) is 16.6 Å². The number of hydrogen-bond donors (Lipinski definition) is 3. The van der Waals surface area contributed by atoms with Crippen LogP contribution in [0.25, 0.3) is 0 Å². The average molecular weight is 310 g/mol. The molecule has 0 saturated heterocycles. The van der Waals surface area contributed by atoms with Gasteiger partial charge < -0.3 is 10.5 Å². The van der Waals surface area contributed by atoms with Crippen LogP contribution in [0.3, 0.4) is 0 Å². The number of nitrogens with one attached hydrogen (secondary N) is 2. The van der Waals surface area contributed by atoms with Crippen LogP contribution in [0, 0.1) is 13.8 Å². The molecule has 0 bridgehead atoms. The molecule has 7 nitrogen and oxygen atoms in total. The Labute approximate surface area is 123 Å². The molecular formula is C13H18N4O3S. The van der Waals surface area contributed by atoms with Crippen LogP contribution >= 0.6 is 0 Å². The van der Waals surface area contributed by atoms with E-state index in [1.165, 1.54) is 0 Å². The van der Waals surface area contributed by atoms with Gasteiger partial charge in [0.2, 0.25) is 5.03 Å². The first kappa shape index (κ1) is 15.3. The van der Waals surface area contributed by atoms with E-state index in [-0.39, 0.29) is 11.6 Å². The number of aromatic amines is 1. The van der Waals surface area contributed by atoms with E-state index in [1.807, 2.05) is 0 Å². The first-order chi connectivity index (χ1) is 9.89. The fourth-order valence-corrected chi connectivity index (χ4v) is 3.31. The molecule has 0 unspecified atom stereocenters. The number of aryl methyl sites for hydroxylation is 2. The number of anilines is 1. The Morgan fingerprint density at radius 2 is 2.10 bits per heavy atom. The van der Waals surface area contributed by atoms with E-state index >= 15 is 0 Å². The van der Waals surface area contributed by atoms with Gasteiger partial charge in [0, 0.05) is 17.8 Å². The van der Waals surface area contributed by atoms with Crippen molar-refractivity contribution in [2.24, 2.45) is 5.73 Å². The lowest BCUT2D eigenvalue weighted by Gasteiger charge is -2.11. The van der Waals surface area contributed by atoms with E-state index in [9.17, 15) is 8.42 Å². The maximum atomic E-state index is 12.4. The van der Waals surface area contributed by atoms with Crippen LogP contribution in [0.1, 0.15) is 16.8 Å². The highest BCUT2D eigenvalue weighted by molar-refractivity contribution is 7.92. The Bertz CT molecular complexity index is 753. The summed E-state index contributed by atoms with van der Waals surface area (Å²) in [7, 11) is -2.24. The van der Waals surface area contributed by atoms with Crippen molar-refractivity contribution in [2.45, 2.75) is 25.4 Å². The number of ether oxygens (including phenoxy) is 1. The van der Waals surface area contributed by atoms with E-state index in [0.29, 0.717) is 22.7 Å². The quantitative estimate of drug-likeness (QED) is 0.771. The molecule has 1 aromatic carbocycles. The first-order valence-corrected chi connectivity index (χ1v) is 7.78. The van der Waals surface area contributed by atoms with Crippen LogP contribution in [0.15, 0.2) is 23.2 Å². The smallest absolute Gasteiger partial charge is 0.281 e. The van der Waals surface area contributed by atoms with E-state index in [1.54, 1.807) is 39.2 Å². The van der Waals surface area contributed by atoms with Gasteiger partial charge in [0.1, 0.15) is 5.75 Å². The number of nitrogens with two attached hydrogens (primary N) is 1. The lowest BCUT2D eigenvalue weighted by molar-refractivity contribution is 0.414. The minimum Gasteiger partial charge on any atom is -0.497 e. The van der Waals surface area contributed by atoms with Gasteiger partial charge in [0.25, 0.3) is 10.0 Å². The molecule has 0 aliphatic carbocycles. The van der Waals surface area contributed by atoms with Gasteiger partial charge in [-0.15, -0.1) is 0 Å². The number of benzene rings is 1. The van der Waals surface area contributed by atoms with Crippen molar-refractivity contribution in [2.75, 3.05) is 11.8 Å². The second-order valence-corrected chi connectivity index (χ2v) is 6.22. The number of aromatic nitrogens is 2. The van der Waals surface area contributed by atoms with E-state index in [0.717, 1.165) is 5.56 Å². The largest absolute Gasteiger partial charge is 0.497 e. The fourth-order valence-electron chi connectivity index (χ4n) is 1.96. The van der Waals surface area contributed by atoms with Gasteiger partial charge in [-0.3, -0.25) is 9.82 Å². The zero-order valence-corrected chi connectivity index (χ0v) is 12.9. The Morgan fingerprint density at radius 1 is 1.38 bits per heavy atom. The highest BCUT2D eigenvalue weighted by atomic mass is 32.2. The monoisotopic (exact) mass is 310 g/mol. The van der Waals surface area contributed by atoms with Gasteiger partial charge in [-0.05, 0) is 37.6 Å². The van der Waals surface area contributed by atoms with E-state index < -0.39 is 10.0 Å². The lowest BCUT2D eigenvalue weighted by atomic mass is 10.2. The molecule has 2 aromatic rings. The number of methoxy groups -OCH3 is 1. The standard InChI is InChI=1S/C13H18N4O3S/c1-8-6-10(20-3)4-5-12(8)17-21(18,19)13-11(7-14)9(2)15-16-13/h4-6,17H,7,14H2,1-3H3,(H,15,16). The summed E-state index contributed by atoms with van der Waals surface area (Å²) in [5.74, 6) is 0.661. The zero-order chi connectivity index (χ0) is 15.6. The third kappa shape index (κ3) is 3.01. The van der Waals surface area contributed by atoms with Gasteiger partial charge in [0.05, 0.1) is 12.8 Å². The van der Waals surface area contributed by atoms with Crippen LogP contribution in [0.5, 0.6) is 5.75 Å². The second kappa shape index (κ2) is 5.74. The third-order valence-corrected chi connectivity index (χ3v) is 4.51. The molecule has 0 radical (unpaired) electrons. The minimum absolute atomic E-state index is 0.0716. The summed E-state index contributed by atoms with van der Waals surface area (Å²) in [4.78, 5) is 0. The highest BCUT2D eigenvalue weighted by Gasteiger charge is 2.23. The fraction of sp³-hybridized carbons (Fsp3) is 0.308. The van der Waals surface area contributed by atoms with Gasteiger partial charge >= 0.3 is 0 Å². The topological polar surface area (TPSA) is 110 Å². The molecule has 0 aliphatic rings. The number of nitrogens with zero attached hydrogens (tertiary/aromatic N) is 1. The number of rotatable bonds is 5. The molecule has 0 fully saturated rings. The van der Waals surface area contributed by atoms with Crippen molar-refractivity contribution in [1.29, 1.82) is 0 Å². The molecular weight excluding hydrogens is 292 g/mol. The van der Waals surface area contributed by atoms with Gasteiger partial charge in [-0.2, -0.15) is 13.5 Å². The average Bonchev–Trinajstić information content (AvgIpc) is 2.82. The Kier molecular flexibility index (Phi) is 4.19. The molecule has 1 aromatic heterocycles. The molecule has 8 heteroatoms. The van der Waals surface area contributed by atoms with Gasteiger partial charge in [-0.1, -0.05) is 0 Å². The predicted octanol–water partition coefficient (Wildman–Crippen LogP) is 1.29. The van der Waals surface area contributed by atoms with Crippen LogP contribution in [0.2, 0.25) is 0 Å². The van der Waals surface area contributed by atoms with Crippen molar-refractivity contribution >= 4 is 15.7 Å². The first-order valence-electron chi connectivity index (χ1n) is 6.30. The van der Waals surface area contributed by atoms with Crippen molar-refractivity contribution in [3.63, 3.8) is 0 Å². The van der Waals surface area contributed by atoms with Gasteiger partial charge in [-0.25, -0.2) is 0 Å². The van der Waals surface area contributed by atoms with Crippen LogP contribution in [0.4, 0.5) is 5.69 Å².